The molecule has 3 amide bonds. The molecule has 0 unspecified atom stereocenters. The number of hydrogen-bond acceptors (Lipinski definition) is 2. The van der Waals surface area contributed by atoms with Crippen molar-refractivity contribution in [2.24, 2.45) is 5.92 Å². The van der Waals surface area contributed by atoms with E-state index in [4.69, 9.17) is 0 Å². The van der Waals surface area contributed by atoms with Crippen LogP contribution >= 0.6 is 0 Å². The molecule has 4 aromatic rings. The largest absolute Gasteiger partial charge is 0.416 e. The lowest BCUT2D eigenvalue weighted by Crippen LogP contribution is -2.46. The molecule has 6 nitrogen and oxygen atoms in total. The third kappa shape index (κ3) is 8.71. The van der Waals surface area contributed by atoms with E-state index >= 15 is 0 Å². The highest BCUT2D eigenvalue weighted by Gasteiger charge is 2.30. The minimum absolute atomic E-state index is 0.0954. The van der Waals surface area contributed by atoms with E-state index in [9.17, 15) is 22.8 Å². The maximum Gasteiger partial charge on any atom is 0.416 e. The Kier molecular flexibility index (Phi) is 11.2. The molecule has 246 valence electrons. The highest BCUT2D eigenvalue weighted by molar-refractivity contribution is 5.94. The summed E-state index contributed by atoms with van der Waals surface area (Å²) in [7, 11) is 0. The van der Waals surface area contributed by atoms with Crippen LogP contribution in [0.25, 0.3) is 10.9 Å². The maximum atomic E-state index is 14.0. The Morgan fingerprint density at radius 3 is 2.04 bits per heavy atom. The van der Waals surface area contributed by atoms with Crippen LogP contribution in [-0.2, 0) is 23.9 Å². The molecule has 0 saturated heterocycles. The molecule has 1 heterocycles. The summed E-state index contributed by atoms with van der Waals surface area (Å²) in [5.74, 6) is 0.172. The van der Waals surface area contributed by atoms with E-state index in [0.29, 0.717) is 25.1 Å². The number of aromatic amines is 1. The predicted molar refractivity (Wildman–Crippen MR) is 179 cm³/mol. The summed E-state index contributed by atoms with van der Waals surface area (Å²) in [4.78, 5) is 34.3. The van der Waals surface area contributed by atoms with E-state index < -0.39 is 11.7 Å². The molecular formula is C37H45F3N4O2. The number of halogens is 3. The lowest BCUT2D eigenvalue weighted by Gasteiger charge is -2.30. The van der Waals surface area contributed by atoms with Crippen molar-refractivity contribution in [3.63, 3.8) is 0 Å². The molecule has 0 atom stereocenters. The number of benzene rings is 3. The Balaban J connectivity index is 1.60. The highest BCUT2D eigenvalue weighted by Crippen LogP contribution is 2.33. The molecule has 1 aromatic heterocycles. The molecule has 0 fully saturated rings. The van der Waals surface area contributed by atoms with Crippen LogP contribution in [0.3, 0.4) is 0 Å². The van der Waals surface area contributed by atoms with Crippen LogP contribution in [0, 0.1) is 5.92 Å². The number of nitrogens with zero attached hydrogens (tertiary/aromatic N) is 2. The van der Waals surface area contributed by atoms with Crippen molar-refractivity contribution < 1.29 is 22.8 Å². The summed E-state index contributed by atoms with van der Waals surface area (Å²) in [6.45, 7) is 12.9. The standard InChI is InChI=1S/C37H45F3N4O2/c1-24(2)21-44(36(46)42-35-30(25(3)4)11-9-12-31(35)26(5)6)23-34(45)43(22-27-14-16-29(17-15-27)37(38,39)40)19-18-28-20-41-33-13-8-7-10-32(28)33/h7-17,20,24-26,41H,18-19,21-23H2,1-6H3,(H,42,46). The van der Waals surface area contributed by atoms with Gasteiger partial charge in [0.25, 0.3) is 0 Å². The van der Waals surface area contributed by atoms with E-state index in [-0.39, 0.29) is 42.8 Å². The van der Waals surface area contributed by atoms with Gasteiger partial charge in [-0.1, -0.05) is 90.1 Å². The van der Waals surface area contributed by atoms with Gasteiger partial charge in [-0.25, -0.2) is 4.79 Å². The van der Waals surface area contributed by atoms with Gasteiger partial charge < -0.3 is 20.1 Å². The van der Waals surface area contributed by atoms with E-state index in [0.717, 1.165) is 45.4 Å². The summed E-state index contributed by atoms with van der Waals surface area (Å²) in [6, 6.07) is 18.5. The van der Waals surface area contributed by atoms with Gasteiger partial charge in [-0.05, 0) is 64.6 Å². The number of nitrogens with one attached hydrogen (secondary N) is 2. The molecule has 0 saturated carbocycles. The number of carbonyl (C=O) groups excluding carboxylic acids is 2. The fraction of sp³-hybridized carbons (Fsp3) is 0.405. The predicted octanol–water partition coefficient (Wildman–Crippen LogP) is 9.19. The lowest BCUT2D eigenvalue weighted by molar-refractivity contribution is -0.137. The van der Waals surface area contributed by atoms with Gasteiger partial charge in [0.1, 0.15) is 6.54 Å². The zero-order chi connectivity index (χ0) is 33.6. The normalized spacial score (nSPS) is 11.9. The van der Waals surface area contributed by atoms with Crippen LogP contribution in [0.15, 0.2) is 72.9 Å². The highest BCUT2D eigenvalue weighted by atomic mass is 19.4. The Bertz CT molecular complexity index is 1600. The number of urea groups is 1. The first kappa shape index (κ1) is 34.6. The number of amides is 3. The number of rotatable bonds is 12. The molecule has 2 N–H and O–H groups in total. The van der Waals surface area contributed by atoms with E-state index in [1.165, 1.54) is 12.1 Å². The van der Waals surface area contributed by atoms with Crippen molar-refractivity contribution in [1.82, 2.24) is 14.8 Å². The smallest absolute Gasteiger partial charge is 0.361 e. The molecule has 0 bridgehead atoms. The number of fused-ring (bicyclic) bond motifs is 1. The first-order chi connectivity index (χ1) is 21.7. The second-order valence-electron chi connectivity index (χ2n) is 12.9. The number of alkyl halides is 3. The Morgan fingerprint density at radius 1 is 0.826 bits per heavy atom. The fourth-order valence-electron chi connectivity index (χ4n) is 5.71. The van der Waals surface area contributed by atoms with Gasteiger partial charge in [0.2, 0.25) is 5.91 Å². The molecular weight excluding hydrogens is 589 g/mol. The van der Waals surface area contributed by atoms with Crippen LogP contribution in [0.2, 0.25) is 0 Å². The van der Waals surface area contributed by atoms with Gasteiger partial charge in [-0.2, -0.15) is 13.2 Å². The zero-order valence-corrected chi connectivity index (χ0v) is 27.5. The van der Waals surface area contributed by atoms with Crippen molar-refractivity contribution in [2.45, 2.75) is 72.5 Å². The van der Waals surface area contributed by atoms with E-state index in [1.54, 1.807) is 9.80 Å². The van der Waals surface area contributed by atoms with E-state index in [1.807, 2.05) is 62.5 Å². The van der Waals surface area contributed by atoms with Gasteiger partial charge in [0.15, 0.2) is 0 Å². The van der Waals surface area contributed by atoms with Gasteiger partial charge in [0, 0.05) is 42.4 Å². The fourth-order valence-corrected chi connectivity index (χ4v) is 5.71. The monoisotopic (exact) mass is 634 g/mol. The molecule has 9 heteroatoms. The Morgan fingerprint density at radius 2 is 1.46 bits per heavy atom. The minimum atomic E-state index is -4.45. The molecule has 0 spiro atoms. The lowest BCUT2D eigenvalue weighted by atomic mass is 9.93. The molecule has 46 heavy (non-hydrogen) atoms. The van der Waals surface area contributed by atoms with E-state index in [2.05, 4.69) is 38.0 Å². The first-order valence-electron chi connectivity index (χ1n) is 15.9. The van der Waals surface area contributed by atoms with Crippen LogP contribution in [-0.4, -0.2) is 46.4 Å². The molecule has 0 aliphatic rings. The number of para-hydroxylation sites is 2. The molecule has 0 aliphatic heterocycles. The maximum absolute atomic E-state index is 14.0. The molecule has 0 aliphatic carbocycles. The van der Waals surface area contributed by atoms with Crippen LogP contribution in [0.1, 0.15) is 81.2 Å². The van der Waals surface area contributed by atoms with Gasteiger partial charge in [0.05, 0.1) is 5.56 Å². The van der Waals surface area contributed by atoms with Gasteiger partial charge in [-0.3, -0.25) is 4.79 Å². The number of H-pyrrole nitrogens is 1. The zero-order valence-electron chi connectivity index (χ0n) is 27.5. The van der Waals surface area contributed by atoms with Crippen molar-refractivity contribution in [3.8, 4) is 0 Å². The van der Waals surface area contributed by atoms with Gasteiger partial charge in [-0.15, -0.1) is 0 Å². The number of anilines is 1. The summed E-state index contributed by atoms with van der Waals surface area (Å²) >= 11 is 0. The molecule has 4 rings (SSSR count). The number of carbonyl (C=O) groups is 2. The van der Waals surface area contributed by atoms with Gasteiger partial charge >= 0.3 is 12.2 Å². The van der Waals surface area contributed by atoms with Crippen molar-refractivity contribution in [2.75, 3.05) is 25.0 Å². The number of aromatic nitrogens is 1. The summed E-state index contributed by atoms with van der Waals surface area (Å²) in [5.41, 5.74) is 4.68. The minimum Gasteiger partial charge on any atom is -0.361 e. The summed E-state index contributed by atoms with van der Waals surface area (Å²) < 4.78 is 39.7. The Labute approximate surface area is 270 Å². The van der Waals surface area contributed by atoms with Crippen LogP contribution < -0.4 is 5.32 Å². The van der Waals surface area contributed by atoms with Crippen molar-refractivity contribution >= 4 is 28.5 Å². The SMILES string of the molecule is CC(C)CN(CC(=O)N(CCc1c[nH]c2ccccc12)Cc1ccc(C(F)(F)F)cc1)C(=O)Nc1c(C(C)C)cccc1C(C)C. The first-order valence-corrected chi connectivity index (χ1v) is 15.9. The number of hydrogen-bond donors (Lipinski definition) is 2. The average Bonchev–Trinajstić information content (AvgIpc) is 3.41. The van der Waals surface area contributed by atoms with Crippen molar-refractivity contribution in [3.05, 3.63) is 101 Å². The summed E-state index contributed by atoms with van der Waals surface area (Å²) in [6.07, 6.45) is -1.99. The van der Waals surface area contributed by atoms with Crippen LogP contribution in [0.5, 0.6) is 0 Å². The topological polar surface area (TPSA) is 68.4 Å². The average molecular weight is 635 g/mol. The second-order valence-corrected chi connectivity index (χ2v) is 12.9. The molecule has 3 aromatic carbocycles. The van der Waals surface area contributed by atoms with Crippen molar-refractivity contribution in [1.29, 1.82) is 0 Å². The second kappa shape index (κ2) is 14.9. The van der Waals surface area contributed by atoms with Crippen LogP contribution in [0.4, 0.5) is 23.7 Å². The quantitative estimate of drug-likeness (QED) is 0.163. The third-order valence-electron chi connectivity index (χ3n) is 8.14. The molecule has 0 radical (unpaired) electrons. The Hall–Kier alpha value is -4.27. The summed E-state index contributed by atoms with van der Waals surface area (Å²) in [5, 5.41) is 4.19. The third-order valence-corrected chi connectivity index (χ3v) is 8.14.